The van der Waals surface area contributed by atoms with Crippen LogP contribution >= 0.6 is 11.6 Å². The Bertz CT molecular complexity index is 1270. The Labute approximate surface area is 196 Å². The minimum absolute atomic E-state index is 0.0263. The van der Waals surface area contributed by atoms with E-state index in [0.29, 0.717) is 24.5 Å². The number of furan rings is 1. The van der Waals surface area contributed by atoms with Crippen molar-refractivity contribution >= 4 is 44.8 Å². The summed E-state index contributed by atoms with van der Waals surface area (Å²) < 4.78 is 32.5. The molecular weight excluding hydrogens is 466 g/mol. The Morgan fingerprint density at radius 1 is 0.879 bits per heavy atom. The summed E-state index contributed by atoms with van der Waals surface area (Å²) in [6.45, 7) is 0.923. The van der Waals surface area contributed by atoms with E-state index in [1.165, 1.54) is 34.8 Å². The predicted octanol–water partition coefficient (Wildman–Crippen LogP) is 4.61. The standard InChI is InChI=1S/C23H22ClN3O5S/c24-20-10-9-18(33(30,31)27-11-2-1-3-12-27)15-19(20)22(28)25-16-6-4-7-17(14-16)26-23(29)21-8-5-13-32-21/h4-10,13-15H,1-3,11-12H2,(H,25,28)(H,26,29). The molecule has 4 rings (SSSR count). The second kappa shape index (κ2) is 9.78. The third-order valence-electron chi connectivity index (χ3n) is 5.26. The van der Waals surface area contributed by atoms with E-state index in [1.54, 1.807) is 30.3 Å². The highest BCUT2D eigenvalue weighted by Gasteiger charge is 2.27. The summed E-state index contributed by atoms with van der Waals surface area (Å²) in [6.07, 6.45) is 4.02. The lowest BCUT2D eigenvalue weighted by molar-refractivity contribution is 0.0995. The number of anilines is 2. The zero-order valence-electron chi connectivity index (χ0n) is 17.6. The molecule has 0 bridgehead atoms. The zero-order chi connectivity index (χ0) is 23.4. The summed E-state index contributed by atoms with van der Waals surface area (Å²) in [5.41, 5.74) is 0.888. The van der Waals surface area contributed by atoms with Gasteiger partial charge in [-0.1, -0.05) is 24.1 Å². The fraction of sp³-hybridized carbons (Fsp3) is 0.217. The fourth-order valence-electron chi connectivity index (χ4n) is 3.57. The number of carbonyl (C=O) groups excluding carboxylic acids is 2. The van der Waals surface area contributed by atoms with Gasteiger partial charge in [0, 0.05) is 24.5 Å². The fourth-order valence-corrected chi connectivity index (χ4v) is 5.31. The molecule has 3 aromatic rings. The average molecular weight is 488 g/mol. The first-order chi connectivity index (χ1) is 15.8. The number of amides is 2. The second-order valence-corrected chi connectivity index (χ2v) is 9.92. The van der Waals surface area contributed by atoms with Gasteiger partial charge in [0.25, 0.3) is 11.8 Å². The molecule has 1 aliphatic heterocycles. The van der Waals surface area contributed by atoms with Crippen molar-refractivity contribution in [3.8, 4) is 0 Å². The van der Waals surface area contributed by atoms with Gasteiger partial charge >= 0.3 is 0 Å². The molecule has 1 fully saturated rings. The van der Waals surface area contributed by atoms with E-state index >= 15 is 0 Å². The van der Waals surface area contributed by atoms with Crippen molar-refractivity contribution < 1.29 is 22.4 Å². The Morgan fingerprint density at radius 3 is 2.24 bits per heavy atom. The van der Waals surface area contributed by atoms with Crippen molar-refractivity contribution in [3.05, 3.63) is 77.2 Å². The first-order valence-corrected chi connectivity index (χ1v) is 12.2. The van der Waals surface area contributed by atoms with E-state index in [1.807, 2.05) is 0 Å². The number of hydrogen-bond acceptors (Lipinski definition) is 5. The molecule has 2 heterocycles. The van der Waals surface area contributed by atoms with Crippen LogP contribution in [0, 0.1) is 0 Å². The lowest BCUT2D eigenvalue weighted by atomic mass is 10.2. The van der Waals surface area contributed by atoms with Gasteiger partial charge in [0.05, 0.1) is 21.7 Å². The Hall–Kier alpha value is -3.14. The normalized spacial score (nSPS) is 14.6. The molecule has 0 unspecified atom stereocenters. The lowest BCUT2D eigenvalue weighted by Gasteiger charge is -2.26. The molecule has 2 amide bonds. The second-order valence-electron chi connectivity index (χ2n) is 7.57. The van der Waals surface area contributed by atoms with Gasteiger partial charge in [0.2, 0.25) is 10.0 Å². The van der Waals surface area contributed by atoms with Crippen molar-refractivity contribution in [3.63, 3.8) is 0 Å². The van der Waals surface area contributed by atoms with Gasteiger partial charge in [-0.3, -0.25) is 9.59 Å². The van der Waals surface area contributed by atoms with Crippen LogP contribution in [0.3, 0.4) is 0 Å². The molecule has 33 heavy (non-hydrogen) atoms. The Balaban J connectivity index is 1.52. The van der Waals surface area contributed by atoms with E-state index in [2.05, 4.69) is 10.6 Å². The van der Waals surface area contributed by atoms with Crippen molar-refractivity contribution in [1.82, 2.24) is 4.31 Å². The molecule has 2 N–H and O–H groups in total. The first kappa shape index (κ1) is 23.0. The first-order valence-electron chi connectivity index (χ1n) is 10.4. The molecule has 0 spiro atoms. The minimum Gasteiger partial charge on any atom is -0.459 e. The largest absolute Gasteiger partial charge is 0.459 e. The summed E-state index contributed by atoms with van der Waals surface area (Å²) in [5.74, 6) is -0.838. The summed E-state index contributed by atoms with van der Waals surface area (Å²) >= 11 is 6.21. The molecule has 0 atom stereocenters. The smallest absolute Gasteiger partial charge is 0.291 e. The van der Waals surface area contributed by atoms with E-state index in [9.17, 15) is 18.0 Å². The molecule has 10 heteroatoms. The summed E-state index contributed by atoms with van der Waals surface area (Å²) in [7, 11) is -3.71. The van der Waals surface area contributed by atoms with Gasteiger partial charge in [-0.05, 0) is 61.4 Å². The van der Waals surface area contributed by atoms with E-state index in [4.69, 9.17) is 16.0 Å². The maximum atomic E-state index is 13.0. The van der Waals surface area contributed by atoms with Crippen LogP contribution in [-0.4, -0.2) is 37.6 Å². The number of nitrogens with one attached hydrogen (secondary N) is 2. The van der Waals surface area contributed by atoms with E-state index < -0.39 is 21.8 Å². The summed E-state index contributed by atoms with van der Waals surface area (Å²) in [4.78, 5) is 25.1. The topological polar surface area (TPSA) is 109 Å². The Morgan fingerprint density at radius 2 is 1.58 bits per heavy atom. The molecule has 1 aromatic heterocycles. The van der Waals surface area contributed by atoms with Gasteiger partial charge in [-0.2, -0.15) is 4.31 Å². The summed E-state index contributed by atoms with van der Waals surface area (Å²) in [6, 6.07) is 13.8. The van der Waals surface area contributed by atoms with Crippen molar-refractivity contribution in [2.24, 2.45) is 0 Å². The molecule has 1 aliphatic rings. The molecule has 2 aromatic carbocycles. The minimum atomic E-state index is -3.71. The third kappa shape index (κ3) is 5.27. The van der Waals surface area contributed by atoms with Gasteiger partial charge in [0.1, 0.15) is 0 Å². The monoisotopic (exact) mass is 487 g/mol. The summed E-state index contributed by atoms with van der Waals surface area (Å²) in [5, 5.41) is 5.51. The van der Waals surface area contributed by atoms with Crippen LogP contribution in [0.25, 0.3) is 0 Å². The molecule has 1 saturated heterocycles. The SMILES string of the molecule is O=C(Nc1cccc(NC(=O)c2cc(S(=O)(=O)N3CCCCC3)ccc2Cl)c1)c1ccco1. The van der Waals surface area contributed by atoms with Crippen LogP contribution in [0.2, 0.25) is 5.02 Å². The van der Waals surface area contributed by atoms with Gasteiger partial charge < -0.3 is 15.1 Å². The highest BCUT2D eigenvalue weighted by atomic mass is 35.5. The van der Waals surface area contributed by atoms with Gasteiger partial charge in [0.15, 0.2) is 5.76 Å². The molecule has 0 radical (unpaired) electrons. The van der Waals surface area contributed by atoms with Crippen LogP contribution in [0.5, 0.6) is 0 Å². The number of carbonyl (C=O) groups is 2. The molecule has 172 valence electrons. The van der Waals surface area contributed by atoms with Crippen molar-refractivity contribution in [1.29, 1.82) is 0 Å². The van der Waals surface area contributed by atoms with Crippen LogP contribution < -0.4 is 10.6 Å². The average Bonchev–Trinajstić information content (AvgIpc) is 3.35. The van der Waals surface area contributed by atoms with Crippen LogP contribution in [0.1, 0.15) is 40.2 Å². The maximum absolute atomic E-state index is 13.0. The number of halogens is 1. The zero-order valence-corrected chi connectivity index (χ0v) is 19.2. The predicted molar refractivity (Wildman–Crippen MR) is 125 cm³/mol. The van der Waals surface area contributed by atoms with Gasteiger partial charge in [-0.25, -0.2) is 8.42 Å². The maximum Gasteiger partial charge on any atom is 0.291 e. The molecule has 0 aliphatic carbocycles. The highest BCUT2D eigenvalue weighted by molar-refractivity contribution is 7.89. The van der Waals surface area contributed by atoms with Crippen molar-refractivity contribution in [2.75, 3.05) is 23.7 Å². The number of hydrogen-bond donors (Lipinski definition) is 2. The molecule has 0 saturated carbocycles. The lowest BCUT2D eigenvalue weighted by Crippen LogP contribution is -2.35. The van der Waals surface area contributed by atoms with Crippen LogP contribution in [0.15, 0.2) is 70.2 Å². The third-order valence-corrected chi connectivity index (χ3v) is 7.48. The number of piperidine rings is 1. The van der Waals surface area contributed by atoms with Crippen LogP contribution in [-0.2, 0) is 10.0 Å². The number of sulfonamides is 1. The number of nitrogens with zero attached hydrogens (tertiary/aromatic N) is 1. The van der Waals surface area contributed by atoms with E-state index in [-0.39, 0.29) is 21.2 Å². The number of rotatable bonds is 6. The quantitative estimate of drug-likeness (QED) is 0.527. The van der Waals surface area contributed by atoms with Crippen LogP contribution in [0.4, 0.5) is 11.4 Å². The number of benzene rings is 2. The highest BCUT2D eigenvalue weighted by Crippen LogP contribution is 2.26. The molecular formula is C23H22ClN3O5S. The van der Waals surface area contributed by atoms with Crippen molar-refractivity contribution in [2.45, 2.75) is 24.2 Å². The van der Waals surface area contributed by atoms with E-state index in [0.717, 1.165) is 19.3 Å². The Kier molecular flexibility index (Phi) is 6.83. The van der Waals surface area contributed by atoms with Gasteiger partial charge in [-0.15, -0.1) is 0 Å². The molecule has 8 nitrogen and oxygen atoms in total.